The van der Waals surface area contributed by atoms with Crippen LogP contribution in [0.15, 0.2) is 67.4 Å². The zero-order chi connectivity index (χ0) is 19.5. The van der Waals surface area contributed by atoms with Gasteiger partial charge in [-0.3, -0.25) is 9.48 Å². The van der Waals surface area contributed by atoms with Crippen LogP contribution in [0.5, 0.6) is 0 Å². The van der Waals surface area contributed by atoms with Gasteiger partial charge in [0.25, 0.3) is 5.91 Å². The Labute approximate surface area is 163 Å². The molecule has 3 aromatic heterocycles. The molecule has 0 radical (unpaired) electrons. The maximum Gasteiger partial charge on any atom is 0.251 e. The van der Waals surface area contributed by atoms with Crippen molar-refractivity contribution in [2.24, 2.45) is 5.92 Å². The van der Waals surface area contributed by atoms with Crippen LogP contribution in [-0.4, -0.2) is 25.1 Å². The van der Waals surface area contributed by atoms with Crippen molar-refractivity contribution in [1.29, 1.82) is 0 Å². The number of rotatable bonds is 6. The zero-order valence-corrected chi connectivity index (χ0v) is 16.0. The number of fused-ring (bicyclic) bond motifs is 1. The first kappa shape index (κ1) is 18.0. The van der Waals surface area contributed by atoms with Gasteiger partial charge in [-0.25, -0.2) is 4.98 Å². The molecular formula is C22H23N5O. The highest BCUT2D eigenvalue weighted by Crippen LogP contribution is 2.19. The first-order valence-corrected chi connectivity index (χ1v) is 9.41. The molecule has 142 valence electrons. The Hall–Kier alpha value is -3.41. The van der Waals surface area contributed by atoms with Crippen molar-refractivity contribution in [2.45, 2.75) is 26.9 Å². The number of benzene rings is 1. The second-order valence-electron chi connectivity index (χ2n) is 7.33. The molecule has 3 heterocycles. The highest BCUT2D eigenvalue weighted by Gasteiger charge is 2.08. The molecule has 0 aliphatic rings. The first-order valence-electron chi connectivity index (χ1n) is 9.41. The van der Waals surface area contributed by atoms with Crippen LogP contribution in [0.1, 0.15) is 29.8 Å². The lowest BCUT2D eigenvalue weighted by atomic mass is 10.1. The molecule has 4 rings (SSSR count). The summed E-state index contributed by atoms with van der Waals surface area (Å²) >= 11 is 0. The Morgan fingerprint density at radius 2 is 1.93 bits per heavy atom. The minimum absolute atomic E-state index is 0.0923. The minimum atomic E-state index is -0.0923. The van der Waals surface area contributed by atoms with Crippen LogP contribution < -0.4 is 5.32 Å². The molecular weight excluding hydrogens is 350 g/mol. The maximum atomic E-state index is 12.5. The van der Waals surface area contributed by atoms with E-state index in [1.165, 1.54) is 0 Å². The molecule has 0 spiro atoms. The van der Waals surface area contributed by atoms with Crippen LogP contribution in [0.3, 0.4) is 0 Å². The second-order valence-corrected chi connectivity index (χ2v) is 7.33. The first-order chi connectivity index (χ1) is 13.6. The standard InChI is InChI=1S/C22H23N5O/c1-16(2)14-27-15-20(13-25-27)18-3-5-19(6-4-18)22(28)24-12-17-7-9-26-10-8-23-21(26)11-17/h3-11,13,15-16H,12,14H2,1-2H3,(H,24,28). The number of carbonyl (C=O) groups excluding carboxylic acids is 1. The second kappa shape index (κ2) is 7.68. The Bertz CT molecular complexity index is 1090. The lowest BCUT2D eigenvalue weighted by molar-refractivity contribution is 0.0951. The summed E-state index contributed by atoms with van der Waals surface area (Å²) in [5.74, 6) is 0.457. The molecule has 1 amide bonds. The Morgan fingerprint density at radius 1 is 1.11 bits per heavy atom. The molecule has 6 nitrogen and oxygen atoms in total. The average Bonchev–Trinajstić information content (AvgIpc) is 3.34. The number of hydrogen-bond donors (Lipinski definition) is 1. The van der Waals surface area contributed by atoms with E-state index in [0.717, 1.165) is 28.9 Å². The number of amides is 1. The van der Waals surface area contributed by atoms with E-state index in [4.69, 9.17) is 0 Å². The summed E-state index contributed by atoms with van der Waals surface area (Å²) in [5.41, 5.74) is 4.63. The minimum Gasteiger partial charge on any atom is -0.348 e. The molecule has 0 saturated heterocycles. The number of nitrogens with one attached hydrogen (secondary N) is 1. The highest BCUT2D eigenvalue weighted by atomic mass is 16.1. The lowest BCUT2D eigenvalue weighted by Gasteiger charge is -2.07. The van der Waals surface area contributed by atoms with E-state index in [0.29, 0.717) is 18.0 Å². The van der Waals surface area contributed by atoms with Crippen molar-refractivity contribution in [3.05, 3.63) is 78.5 Å². The van der Waals surface area contributed by atoms with Crippen LogP contribution in [0, 0.1) is 5.92 Å². The average molecular weight is 373 g/mol. The van der Waals surface area contributed by atoms with E-state index >= 15 is 0 Å². The summed E-state index contributed by atoms with van der Waals surface area (Å²) in [6.07, 6.45) is 9.50. The number of imidazole rings is 1. The summed E-state index contributed by atoms with van der Waals surface area (Å²) in [6, 6.07) is 11.6. The van der Waals surface area contributed by atoms with Gasteiger partial charge >= 0.3 is 0 Å². The molecule has 0 bridgehead atoms. The van der Waals surface area contributed by atoms with E-state index in [-0.39, 0.29) is 5.91 Å². The Kier molecular flexibility index (Phi) is 4.93. The molecule has 0 aliphatic carbocycles. The van der Waals surface area contributed by atoms with E-state index in [9.17, 15) is 4.79 Å². The summed E-state index contributed by atoms with van der Waals surface area (Å²) in [5, 5.41) is 7.37. The quantitative estimate of drug-likeness (QED) is 0.559. The summed E-state index contributed by atoms with van der Waals surface area (Å²) < 4.78 is 3.89. The van der Waals surface area contributed by atoms with Crippen LogP contribution in [0.4, 0.5) is 0 Å². The van der Waals surface area contributed by atoms with E-state index in [2.05, 4.69) is 29.2 Å². The highest BCUT2D eigenvalue weighted by molar-refractivity contribution is 5.94. The third kappa shape index (κ3) is 3.96. The number of nitrogens with zero attached hydrogens (tertiary/aromatic N) is 4. The topological polar surface area (TPSA) is 64.2 Å². The molecule has 6 heteroatoms. The molecule has 0 aliphatic heterocycles. The Balaban J connectivity index is 1.40. The van der Waals surface area contributed by atoms with Crippen molar-refractivity contribution >= 4 is 11.6 Å². The van der Waals surface area contributed by atoms with E-state index < -0.39 is 0 Å². The van der Waals surface area contributed by atoms with Gasteiger partial charge in [0.15, 0.2) is 0 Å². The van der Waals surface area contributed by atoms with Crippen molar-refractivity contribution in [3.63, 3.8) is 0 Å². The molecule has 0 unspecified atom stereocenters. The summed E-state index contributed by atoms with van der Waals surface area (Å²) in [7, 11) is 0. The van der Waals surface area contributed by atoms with Crippen LogP contribution >= 0.6 is 0 Å². The van der Waals surface area contributed by atoms with Crippen molar-refractivity contribution in [1.82, 2.24) is 24.5 Å². The van der Waals surface area contributed by atoms with Gasteiger partial charge < -0.3 is 9.72 Å². The molecule has 0 saturated carbocycles. The predicted molar refractivity (Wildman–Crippen MR) is 109 cm³/mol. The third-order valence-electron chi connectivity index (χ3n) is 4.58. The molecule has 1 N–H and O–H groups in total. The van der Waals surface area contributed by atoms with Gasteiger partial charge in [-0.05, 0) is 41.3 Å². The van der Waals surface area contributed by atoms with Gasteiger partial charge in [-0.1, -0.05) is 26.0 Å². The van der Waals surface area contributed by atoms with E-state index in [1.807, 2.05) is 70.3 Å². The van der Waals surface area contributed by atoms with Gasteiger partial charge in [0.1, 0.15) is 5.65 Å². The van der Waals surface area contributed by atoms with Gasteiger partial charge in [0, 0.05) is 49.0 Å². The monoisotopic (exact) mass is 373 g/mol. The van der Waals surface area contributed by atoms with Crippen LogP contribution in [0.2, 0.25) is 0 Å². The smallest absolute Gasteiger partial charge is 0.251 e. The lowest BCUT2D eigenvalue weighted by Crippen LogP contribution is -2.22. The van der Waals surface area contributed by atoms with Gasteiger partial charge in [0.05, 0.1) is 6.20 Å². The number of carbonyl (C=O) groups is 1. The molecule has 1 aromatic carbocycles. The Morgan fingerprint density at radius 3 is 2.71 bits per heavy atom. The van der Waals surface area contributed by atoms with E-state index in [1.54, 1.807) is 6.20 Å². The largest absolute Gasteiger partial charge is 0.348 e. The fourth-order valence-corrected chi connectivity index (χ4v) is 3.15. The summed E-state index contributed by atoms with van der Waals surface area (Å²) in [4.78, 5) is 16.7. The molecule has 28 heavy (non-hydrogen) atoms. The van der Waals surface area contributed by atoms with Gasteiger partial charge in [0.2, 0.25) is 0 Å². The fourth-order valence-electron chi connectivity index (χ4n) is 3.15. The third-order valence-corrected chi connectivity index (χ3v) is 4.58. The fraction of sp³-hybridized carbons (Fsp3) is 0.227. The molecule has 4 aromatic rings. The van der Waals surface area contributed by atoms with Crippen LogP contribution in [0.25, 0.3) is 16.8 Å². The molecule has 0 fully saturated rings. The number of hydrogen-bond acceptors (Lipinski definition) is 3. The van der Waals surface area contributed by atoms with Crippen LogP contribution in [-0.2, 0) is 13.1 Å². The predicted octanol–water partition coefficient (Wildman–Crippen LogP) is 3.78. The maximum absolute atomic E-state index is 12.5. The van der Waals surface area contributed by atoms with Gasteiger partial charge in [-0.15, -0.1) is 0 Å². The number of aromatic nitrogens is 4. The number of pyridine rings is 1. The van der Waals surface area contributed by atoms with Crippen molar-refractivity contribution < 1.29 is 4.79 Å². The van der Waals surface area contributed by atoms with Crippen molar-refractivity contribution in [3.8, 4) is 11.1 Å². The van der Waals surface area contributed by atoms with Gasteiger partial charge in [-0.2, -0.15) is 5.10 Å². The SMILES string of the molecule is CC(C)Cn1cc(-c2ccc(C(=O)NCc3ccn4ccnc4c3)cc2)cn1. The van der Waals surface area contributed by atoms with Crippen molar-refractivity contribution in [2.75, 3.05) is 0 Å². The summed E-state index contributed by atoms with van der Waals surface area (Å²) in [6.45, 7) is 5.70. The molecule has 0 atom stereocenters. The zero-order valence-electron chi connectivity index (χ0n) is 16.0. The normalized spacial score (nSPS) is 11.2.